The smallest absolute Gasteiger partial charge is 0.242 e. The maximum absolute atomic E-state index is 11.7. The quantitative estimate of drug-likeness (QED) is 0.860. The van der Waals surface area contributed by atoms with Gasteiger partial charge in [-0.25, -0.2) is 0 Å². The molecule has 114 valence electrons. The molecule has 3 rings (SSSR count). The van der Waals surface area contributed by atoms with E-state index in [-0.39, 0.29) is 5.91 Å². The van der Waals surface area contributed by atoms with E-state index in [1.54, 1.807) is 0 Å². The number of benzene rings is 1. The van der Waals surface area contributed by atoms with Crippen LogP contribution in [-0.4, -0.2) is 37.7 Å². The van der Waals surface area contributed by atoms with Crippen LogP contribution in [0, 0.1) is 0 Å². The molecule has 1 amide bonds. The number of morpholine rings is 1. The molecule has 0 radical (unpaired) electrons. The van der Waals surface area contributed by atoms with Gasteiger partial charge in [0, 0.05) is 29.8 Å². The molecule has 1 saturated heterocycles. The summed E-state index contributed by atoms with van der Waals surface area (Å²) in [6, 6.07) is 6.00. The lowest BCUT2D eigenvalue weighted by molar-refractivity contribution is -0.121. The first-order valence-electron chi connectivity index (χ1n) is 7.30. The van der Waals surface area contributed by atoms with Crippen LogP contribution in [0.2, 0.25) is 5.02 Å². The van der Waals surface area contributed by atoms with E-state index in [2.05, 4.69) is 5.32 Å². The average Bonchev–Trinajstić information content (AvgIpc) is 3.30. The van der Waals surface area contributed by atoms with Crippen molar-refractivity contribution in [3.8, 4) is 0 Å². The Morgan fingerprint density at radius 3 is 3.00 bits per heavy atom. The van der Waals surface area contributed by atoms with Crippen LogP contribution in [0.15, 0.2) is 18.2 Å². The summed E-state index contributed by atoms with van der Waals surface area (Å²) in [4.78, 5) is 13.7. The number of rotatable bonds is 5. The fourth-order valence-corrected chi connectivity index (χ4v) is 2.79. The maximum Gasteiger partial charge on any atom is 0.242 e. The van der Waals surface area contributed by atoms with Crippen molar-refractivity contribution < 1.29 is 9.53 Å². The number of ether oxygens (including phenoxy) is 1. The van der Waals surface area contributed by atoms with Crippen LogP contribution >= 0.6 is 11.6 Å². The third-order valence-electron chi connectivity index (χ3n) is 3.97. The highest BCUT2D eigenvalue weighted by Gasteiger charge is 2.29. The van der Waals surface area contributed by atoms with E-state index < -0.39 is 6.04 Å². The SMILES string of the molecule is NC(=O)C1COCCN1c1cc(Cl)ccc1CNC1CC1. The van der Waals surface area contributed by atoms with Crippen molar-refractivity contribution in [3.63, 3.8) is 0 Å². The molecule has 5 nitrogen and oxygen atoms in total. The van der Waals surface area contributed by atoms with E-state index >= 15 is 0 Å². The molecule has 1 aliphatic heterocycles. The minimum atomic E-state index is -0.433. The molecule has 1 aromatic carbocycles. The molecule has 2 aliphatic rings. The number of hydrogen-bond acceptors (Lipinski definition) is 4. The van der Waals surface area contributed by atoms with Crippen LogP contribution in [0.3, 0.4) is 0 Å². The number of carbonyl (C=O) groups excluding carboxylic acids is 1. The van der Waals surface area contributed by atoms with Gasteiger partial charge in [0.25, 0.3) is 0 Å². The van der Waals surface area contributed by atoms with Crippen LogP contribution < -0.4 is 16.0 Å². The Morgan fingerprint density at radius 1 is 1.48 bits per heavy atom. The van der Waals surface area contributed by atoms with Crippen molar-refractivity contribution in [2.45, 2.75) is 31.5 Å². The number of nitrogens with two attached hydrogens (primary N) is 1. The zero-order valence-electron chi connectivity index (χ0n) is 11.8. The van der Waals surface area contributed by atoms with Crippen molar-refractivity contribution >= 4 is 23.2 Å². The fraction of sp³-hybridized carbons (Fsp3) is 0.533. The van der Waals surface area contributed by atoms with Gasteiger partial charge in [-0.1, -0.05) is 17.7 Å². The summed E-state index contributed by atoms with van der Waals surface area (Å²) in [6.45, 7) is 2.34. The largest absolute Gasteiger partial charge is 0.377 e. The van der Waals surface area contributed by atoms with Crippen molar-refractivity contribution in [2.75, 3.05) is 24.7 Å². The van der Waals surface area contributed by atoms with Gasteiger partial charge in [0.1, 0.15) is 6.04 Å². The van der Waals surface area contributed by atoms with Crippen molar-refractivity contribution in [1.29, 1.82) is 0 Å². The number of nitrogens with one attached hydrogen (secondary N) is 1. The molecule has 1 unspecified atom stereocenters. The zero-order valence-corrected chi connectivity index (χ0v) is 12.6. The van der Waals surface area contributed by atoms with Gasteiger partial charge in [-0.3, -0.25) is 4.79 Å². The number of carbonyl (C=O) groups is 1. The van der Waals surface area contributed by atoms with E-state index in [9.17, 15) is 4.79 Å². The predicted molar refractivity (Wildman–Crippen MR) is 82.5 cm³/mol. The fourth-order valence-electron chi connectivity index (χ4n) is 2.62. The second-order valence-corrected chi connectivity index (χ2v) is 6.05. The number of anilines is 1. The Hall–Kier alpha value is -1.30. The van der Waals surface area contributed by atoms with Crippen molar-refractivity contribution in [1.82, 2.24) is 5.32 Å². The molecule has 3 N–H and O–H groups in total. The average molecular weight is 310 g/mol. The monoisotopic (exact) mass is 309 g/mol. The van der Waals surface area contributed by atoms with Gasteiger partial charge < -0.3 is 20.7 Å². The highest BCUT2D eigenvalue weighted by molar-refractivity contribution is 6.30. The van der Waals surface area contributed by atoms with E-state index in [4.69, 9.17) is 22.1 Å². The molecule has 6 heteroatoms. The van der Waals surface area contributed by atoms with Gasteiger partial charge in [-0.15, -0.1) is 0 Å². The zero-order chi connectivity index (χ0) is 14.8. The minimum Gasteiger partial charge on any atom is -0.377 e. The highest BCUT2D eigenvalue weighted by Crippen LogP contribution is 2.29. The van der Waals surface area contributed by atoms with Crippen LogP contribution in [0.1, 0.15) is 18.4 Å². The normalized spacial score (nSPS) is 22.3. The molecular formula is C15H20ClN3O2. The summed E-state index contributed by atoms with van der Waals surface area (Å²) in [5.74, 6) is -0.365. The molecule has 0 aromatic heterocycles. The lowest BCUT2D eigenvalue weighted by atomic mass is 10.1. The lowest BCUT2D eigenvalue weighted by Crippen LogP contribution is -2.53. The van der Waals surface area contributed by atoms with Crippen LogP contribution in [0.25, 0.3) is 0 Å². The van der Waals surface area contributed by atoms with Gasteiger partial charge in [-0.05, 0) is 30.5 Å². The van der Waals surface area contributed by atoms with Gasteiger partial charge in [0.2, 0.25) is 5.91 Å². The summed E-state index contributed by atoms with van der Waals surface area (Å²) < 4.78 is 5.38. The van der Waals surface area contributed by atoms with E-state index in [0.29, 0.717) is 30.8 Å². The predicted octanol–water partition coefficient (Wildman–Crippen LogP) is 1.28. The van der Waals surface area contributed by atoms with Gasteiger partial charge in [0.15, 0.2) is 0 Å². The summed E-state index contributed by atoms with van der Waals surface area (Å²) in [7, 11) is 0. The summed E-state index contributed by atoms with van der Waals surface area (Å²) in [6.07, 6.45) is 2.48. The molecule has 21 heavy (non-hydrogen) atoms. The Morgan fingerprint density at radius 2 is 2.29 bits per heavy atom. The molecule has 1 heterocycles. The number of amides is 1. The topological polar surface area (TPSA) is 67.6 Å². The third-order valence-corrected chi connectivity index (χ3v) is 4.21. The number of nitrogens with zero attached hydrogens (tertiary/aromatic N) is 1. The Balaban J connectivity index is 1.86. The standard InChI is InChI=1S/C15H20ClN3O2/c16-11-2-1-10(8-18-12-3-4-12)13(7-11)19-5-6-21-9-14(19)15(17)20/h1-2,7,12,14,18H,3-6,8-9H2,(H2,17,20). The van der Waals surface area contributed by atoms with Crippen molar-refractivity contribution in [3.05, 3.63) is 28.8 Å². The third kappa shape index (κ3) is 3.48. The second kappa shape index (κ2) is 6.22. The van der Waals surface area contributed by atoms with Crippen LogP contribution in [0.4, 0.5) is 5.69 Å². The summed E-state index contributed by atoms with van der Waals surface area (Å²) in [5, 5.41) is 4.16. The molecule has 1 aliphatic carbocycles. The van der Waals surface area contributed by atoms with Crippen LogP contribution in [-0.2, 0) is 16.1 Å². The summed E-state index contributed by atoms with van der Waals surface area (Å²) >= 11 is 6.14. The highest BCUT2D eigenvalue weighted by atomic mass is 35.5. The number of hydrogen-bond donors (Lipinski definition) is 2. The molecule has 0 spiro atoms. The van der Waals surface area contributed by atoms with Gasteiger partial charge in [0.05, 0.1) is 13.2 Å². The first kappa shape index (κ1) is 14.6. The lowest BCUT2D eigenvalue weighted by Gasteiger charge is -2.36. The Kier molecular flexibility index (Phi) is 4.33. The molecule has 2 fully saturated rings. The maximum atomic E-state index is 11.7. The summed E-state index contributed by atoms with van der Waals surface area (Å²) in [5.41, 5.74) is 7.62. The van der Waals surface area contributed by atoms with E-state index in [1.807, 2.05) is 23.1 Å². The van der Waals surface area contributed by atoms with Crippen LogP contribution in [0.5, 0.6) is 0 Å². The molecular weight excluding hydrogens is 290 g/mol. The minimum absolute atomic E-state index is 0.331. The van der Waals surface area contributed by atoms with E-state index in [0.717, 1.165) is 17.8 Å². The second-order valence-electron chi connectivity index (χ2n) is 5.61. The van der Waals surface area contributed by atoms with Gasteiger partial charge in [-0.2, -0.15) is 0 Å². The van der Waals surface area contributed by atoms with Crippen molar-refractivity contribution in [2.24, 2.45) is 5.73 Å². The molecule has 1 saturated carbocycles. The number of primary amides is 1. The first-order valence-corrected chi connectivity index (χ1v) is 7.68. The molecule has 1 atom stereocenters. The van der Waals surface area contributed by atoms with E-state index in [1.165, 1.54) is 12.8 Å². The number of halogens is 1. The Labute approximate surface area is 129 Å². The van der Waals surface area contributed by atoms with Gasteiger partial charge >= 0.3 is 0 Å². The Bertz CT molecular complexity index is 534. The molecule has 1 aromatic rings. The first-order chi connectivity index (χ1) is 10.1. The molecule has 0 bridgehead atoms.